The highest BCUT2D eigenvalue weighted by molar-refractivity contribution is 5.60. The number of hydrogen-bond donors (Lipinski definition) is 2. The third kappa shape index (κ3) is 2.58. The van der Waals surface area contributed by atoms with E-state index in [0.717, 1.165) is 49.4 Å². The summed E-state index contributed by atoms with van der Waals surface area (Å²) in [6.07, 6.45) is 4.36. The van der Waals surface area contributed by atoms with Gasteiger partial charge in [0.25, 0.3) is 0 Å². The third-order valence-corrected chi connectivity index (χ3v) is 4.25. The fourth-order valence-electron chi connectivity index (χ4n) is 3.02. The largest absolute Gasteiger partial charge is 0.354 e. The van der Waals surface area contributed by atoms with E-state index < -0.39 is 0 Å². The topological polar surface area (TPSA) is 70.3 Å². The molecule has 0 spiro atoms. The van der Waals surface area contributed by atoms with Gasteiger partial charge in [0, 0.05) is 37.8 Å². The number of hydrazine groups is 1. The Labute approximate surface area is 120 Å². The summed E-state index contributed by atoms with van der Waals surface area (Å²) in [6, 6.07) is 0.855. The molecule has 0 unspecified atom stereocenters. The van der Waals surface area contributed by atoms with Gasteiger partial charge >= 0.3 is 0 Å². The van der Waals surface area contributed by atoms with Crippen molar-refractivity contribution in [2.75, 3.05) is 36.5 Å². The number of rotatable bonds is 4. The molecule has 1 aromatic heterocycles. The third-order valence-electron chi connectivity index (χ3n) is 4.25. The molecule has 1 aliphatic heterocycles. The van der Waals surface area contributed by atoms with Crippen molar-refractivity contribution < 1.29 is 0 Å². The second kappa shape index (κ2) is 5.54. The monoisotopic (exact) mass is 276 g/mol. The molecular formula is C14H24N6. The molecule has 1 aliphatic carbocycles. The van der Waals surface area contributed by atoms with Gasteiger partial charge < -0.3 is 10.3 Å². The van der Waals surface area contributed by atoms with Crippen LogP contribution < -0.4 is 16.2 Å². The predicted octanol–water partition coefficient (Wildman–Crippen LogP) is 1.17. The number of nitrogens with two attached hydrogens (primary N) is 1. The number of nitrogen functional groups attached to an aromatic ring is 1. The first-order chi connectivity index (χ1) is 9.70. The molecule has 0 atom stereocenters. The molecule has 2 heterocycles. The maximum Gasteiger partial charge on any atom is 0.148 e. The average molecular weight is 276 g/mol. The van der Waals surface area contributed by atoms with Crippen LogP contribution in [0.1, 0.15) is 38.2 Å². The van der Waals surface area contributed by atoms with Crippen LogP contribution in [0, 0.1) is 0 Å². The van der Waals surface area contributed by atoms with E-state index in [9.17, 15) is 0 Å². The number of nitrogens with one attached hydrogen (secondary N) is 1. The summed E-state index contributed by atoms with van der Waals surface area (Å²) in [4.78, 5) is 13.7. The Morgan fingerprint density at radius 3 is 2.45 bits per heavy atom. The van der Waals surface area contributed by atoms with Crippen LogP contribution in [0.5, 0.6) is 0 Å². The highest BCUT2D eigenvalue weighted by Gasteiger charge is 2.32. The normalized spacial score (nSPS) is 20.5. The maximum absolute atomic E-state index is 5.59. The van der Waals surface area contributed by atoms with E-state index in [1.807, 2.05) is 0 Å². The number of piperazine rings is 1. The van der Waals surface area contributed by atoms with Crippen molar-refractivity contribution in [1.82, 2.24) is 14.9 Å². The zero-order chi connectivity index (χ0) is 14.1. The summed E-state index contributed by atoms with van der Waals surface area (Å²) in [5.41, 5.74) is 3.83. The van der Waals surface area contributed by atoms with Crippen molar-refractivity contribution in [1.29, 1.82) is 0 Å². The lowest BCUT2D eigenvalue weighted by Gasteiger charge is -2.36. The summed E-state index contributed by atoms with van der Waals surface area (Å²) in [7, 11) is 0. The van der Waals surface area contributed by atoms with Crippen molar-refractivity contribution in [3.8, 4) is 0 Å². The number of hydrogen-bond acceptors (Lipinski definition) is 6. The molecule has 1 saturated heterocycles. The lowest BCUT2D eigenvalue weighted by molar-refractivity contribution is 0.247. The zero-order valence-corrected chi connectivity index (χ0v) is 12.3. The van der Waals surface area contributed by atoms with Gasteiger partial charge in [-0.15, -0.1) is 0 Å². The fourth-order valence-corrected chi connectivity index (χ4v) is 3.02. The van der Waals surface area contributed by atoms with Crippen molar-refractivity contribution in [3.05, 3.63) is 11.9 Å². The number of anilines is 2. The van der Waals surface area contributed by atoms with E-state index in [4.69, 9.17) is 5.84 Å². The van der Waals surface area contributed by atoms with Crippen LogP contribution in [0.2, 0.25) is 0 Å². The van der Waals surface area contributed by atoms with E-state index >= 15 is 0 Å². The van der Waals surface area contributed by atoms with Crippen molar-refractivity contribution in [2.24, 2.45) is 5.84 Å². The van der Waals surface area contributed by atoms with Gasteiger partial charge in [-0.05, 0) is 18.8 Å². The van der Waals surface area contributed by atoms with E-state index in [1.165, 1.54) is 12.8 Å². The first-order valence-electron chi connectivity index (χ1n) is 7.51. The predicted molar refractivity (Wildman–Crippen MR) is 80.7 cm³/mol. The van der Waals surface area contributed by atoms with E-state index in [1.54, 1.807) is 6.33 Å². The van der Waals surface area contributed by atoms with Crippen molar-refractivity contribution >= 4 is 11.6 Å². The minimum absolute atomic E-state index is 0.346. The Morgan fingerprint density at radius 1 is 1.20 bits per heavy atom. The van der Waals surface area contributed by atoms with Gasteiger partial charge in [-0.2, -0.15) is 0 Å². The van der Waals surface area contributed by atoms with Crippen molar-refractivity contribution in [3.63, 3.8) is 0 Å². The Balaban J connectivity index is 1.79. The molecule has 6 heteroatoms. The van der Waals surface area contributed by atoms with E-state index in [2.05, 4.69) is 39.0 Å². The van der Waals surface area contributed by atoms with Gasteiger partial charge in [0.15, 0.2) is 0 Å². The standard InChI is InChI=1S/C14H24N6/c1-10(2)12-13(18-15)16-9-17-14(12)20-7-5-19(6-8-20)11-3-4-11/h9-11H,3-8,15H2,1-2H3,(H,16,17,18). The summed E-state index contributed by atoms with van der Waals surface area (Å²) in [5.74, 6) is 7.72. The van der Waals surface area contributed by atoms with Gasteiger partial charge in [-0.3, -0.25) is 4.90 Å². The Hall–Kier alpha value is -1.40. The first kappa shape index (κ1) is 13.6. The highest BCUT2D eigenvalue weighted by Crippen LogP contribution is 2.32. The smallest absolute Gasteiger partial charge is 0.148 e. The molecule has 0 amide bonds. The van der Waals surface area contributed by atoms with E-state index in [-0.39, 0.29) is 0 Å². The summed E-state index contributed by atoms with van der Waals surface area (Å²) >= 11 is 0. The molecule has 0 bridgehead atoms. The Kier molecular flexibility index (Phi) is 3.76. The van der Waals surface area contributed by atoms with E-state index in [0.29, 0.717) is 5.92 Å². The molecule has 6 nitrogen and oxygen atoms in total. The molecule has 20 heavy (non-hydrogen) atoms. The highest BCUT2D eigenvalue weighted by atomic mass is 15.3. The lowest BCUT2D eigenvalue weighted by Crippen LogP contribution is -2.47. The van der Waals surface area contributed by atoms with Crippen LogP contribution >= 0.6 is 0 Å². The first-order valence-corrected chi connectivity index (χ1v) is 7.51. The Bertz CT molecular complexity index is 463. The molecule has 110 valence electrons. The van der Waals surface area contributed by atoms with Gasteiger partial charge in [0.05, 0.1) is 0 Å². The molecule has 1 aromatic rings. The van der Waals surface area contributed by atoms with Crippen LogP contribution in [0.4, 0.5) is 11.6 Å². The second-order valence-electron chi connectivity index (χ2n) is 6.01. The maximum atomic E-state index is 5.59. The molecule has 3 rings (SSSR count). The fraction of sp³-hybridized carbons (Fsp3) is 0.714. The van der Waals surface area contributed by atoms with Gasteiger partial charge in [-0.25, -0.2) is 15.8 Å². The second-order valence-corrected chi connectivity index (χ2v) is 6.01. The zero-order valence-electron chi connectivity index (χ0n) is 12.3. The Morgan fingerprint density at radius 2 is 1.90 bits per heavy atom. The van der Waals surface area contributed by atoms with Crippen LogP contribution in [-0.4, -0.2) is 47.1 Å². The summed E-state index contributed by atoms with van der Waals surface area (Å²) in [5, 5.41) is 0. The van der Waals surface area contributed by atoms with Crippen LogP contribution in [0.15, 0.2) is 6.33 Å². The number of aromatic nitrogens is 2. The summed E-state index contributed by atoms with van der Waals surface area (Å²) < 4.78 is 0. The van der Waals surface area contributed by atoms with Crippen LogP contribution in [-0.2, 0) is 0 Å². The molecule has 0 aromatic carbocycles. The quantitative estimate of drug-likeness (QED) is 0.635. The molecule has 3 N–H and O–H groups in total. The molecule has 2 fully saturated rings. The number of nitrogens with zero attached hydrogens (tertiary/aromatic N) is 4. The van der Waals surface area contributed by atoms with Crippen molar-refractivity contribution in [2.45, 2.75) is 38.6 Å². The van der Waals surface area contributed by atoms with Crippen LogP contribution in [0.3, 0.4) is 0 Å². The summed E-state index contributed by atoms with van der Waals surface area (Å²) in [6.45, 7) is 8.66. The molecule has 0 radical (unpaired) electrons. The molecule has 2 aliphatic rings. The SMILES string of the molecule is CC(C)c1c(NN)ncnc1N1CCN(C2CC2)CC1. The lowest BCUT2D eigenvalue weighted by atomic mass is 10.0. The molecular weight excluding hydrogens is 252 g/mol. The molecule has 1 saturated carbocycles. The minimum Gasteiger partial charge on any atom is -0.354 e. The minimum atomic E-state index is 0.346. The van der Waals surface area contributed by atoms with Gasteiger partial charge in [0.2, 0.25) is 0 Å². The van der Waals surface area contributed by atoms with Gasteiger partial charge in [-0.1, -0.05) is 13.8 Å². The van der Waals surface area contributed by atoms with Gasteiger partial charge in [0.1, 0.15) is 18.0 Å². The average Bonchev–Trinajstić information content (AvgIpc) is 3.31. The van der Waals surface area contributed by atoms with Crippen LogP contribution in [0.25, 0.3) is 0 Å².